The van der Waals surface area contributed by atoms with Gasteiger partial charge in [-0.3, -0.25) is 9.59 Å². The molecule has 8 nitrogen and oxygen atoms in total. The molecule has 0 aromatic heterocycles. The van der Waals surface area contributed by atoms with Gasteiger partial charge in [-0.15, -0.1) is 0 Å². The Morgan fingerprint density at radius 2 is 1.94 bits per heavy atom. The first kappa shape index (κ1) is 25.5. The molecule has 3 N–H and O–H groups in total. The molecular formula is C20H25Cl2FN2O6. The smallest absolute Gasteiger partial charge is 0.311 e. The highest BCUT2D eigenvalue weighted by atomic mass is 35.5. The number of hydrogen-bond acceptors (Lipinski definition) is 6. The van der Waals surface area contributed by atoms with Gasteiger partial charge in [0.05, 0.1) is 40.1 Å². The van der Waals surface area contributed by atoms with Crippen LogP contribution in [0.25, 0.3) is 0 Å². The summed E-state index contributed by atoms with van der Waals surface area (Å²) in [6, 6.07) is 2.35. The zero-order chi connectivity index (χ0) is 23.4. The van der Waals surface area contributed by atoms with Gasteiger partial charge in [0, 0.05) is 12.0 Å². The van der Waals surface area contributed by atoms with E-state index in [1.807, 2.05) is 0 Å². The highest BCUT2D eigenvalue weighted by Gasteiger charge is 2.66. The Bertz CT molecular complexity index is 844. The summed E-state index contributed by atoms with van der Waals surface area (Å²) in [6.07, 6.45) is -0.00925. The van der Waals surface area contributed by atoms with Crippen LogP contribution in [0.15, 0.2) is 23.4 Å². The summed E-state index contributed by atoms with van der Waals surface area (Å²) in [5.74, 6) is -3.89. The van der Waals surface area contributed by atoms with Gasteiger partial charge >= 0.3 is 11.9 Å². The topological polar surface area (TPSA) is 125 Å². The lowest BCUT2D eigenvalue weighted by Crippen LogP contribution is -2.71. The Morgan fingerprint density at radius 1 is 1.26 bits per heavy atom. The maximum Gasteiger partial charge on any atom is 0.311 e. The second kappa shape index (κ2) is 10.2. The third-order valence-electron chi connectivity index (χ3n) is 6.37. The van der Waals surface area contributed by atoms with Crippen LogP contribution in [-0.4, -0.2) is 60.7 Å². The van der Waals surface area contributed by atoms with Crippen LogP contribution < -0.4 is 5.32 Å². The molecule has 1 saturated heterocycles. The third kappa shape index (κ3) is 4.28. The van der Waals surface area contributed by atoms with E-state index in [-0.39, 0.29) is 41.8 Å². The number of piperidine rings is 1. The van der Waals surface area contributed by atoms with Gasteiger partial charge in [0.2, 0.25) is 0 Å². The van der Waals surface area contributed by atoms with Crippen LogP contribution in [0.1, 0.15) is 31.7 Å². The van der Waals surface area contributed by atoms with Gasteiger partial charge in [0.15, 0.2) is 0 Å². The van der Waals surface area contributed by atoms with Crippen LogP contribution in [0.5, 0.6) is 0 Å². The van der Waals surface area contributed by atoms with E-state index in [0.717, 1.165) is 0 Å². The molecule has 0 radical (unpaired) electrons. The fraction of sp³-hybridized carbons (Fsp3) is 0.600. The SMILES string of the molecule is CCC1(C(=O)O)C(COCCN=O)NC(CF)C(C)(C(=O)O)C1c1cccc(Cl)c1Cl. The molecule has 0 aliphatic carbocycles. The average molecular weight is 479 g/mol. The number of alkyl halides is 1. The summed E-state index contributed by atoms with van der Waals surface area (Å²) in [7, 11) is 0. The molecule has 1 aliphatic rings. The largest absolute Gasteiger partial charge is 0.481 e. The van der Waals surface area contributed by atoms with Crippen molar-refractivity contribution in [3.63, 3.8) is 0 Å². The maximum absolute atomic E-state index is 14.1. The molecule has 2 rings (SSSR count). The first-order valence-electron chi connectivity index (χ1n) is 9.72. The van der Waals surface area contributed by atoms with Crippen molar-refractivity contribution in [2.75, 3.05) is 26.4 Å². The van der Waals surface area contributed by atoms with Crippen LogP contribution in [0.3, 0.4) is 0 Å². The van der Waals surface area contributed by atoms with E-state index in [9.17, 15) is 29.1 Å². The second-order valence-corrected chi connectivity index (χ2v) is 8.50. The first-order chi connectivity index (χ1) is 14.6. The van der Waals surface area contributed by atoms with Crippen molar-refractivity contribution in [1.82, 2.24) is 5.32 Å². The van der Waals surface area contributed by atoms with E-state index in [0.29, 0.717) is 0 Å². The monoisotopic (exact) mass is 478 g/mol. The fourth-order valence-corrected chi connectivity index (χ4v) is 5.11. The van der Waals surface area contributed by atoms with Crippen LogP contribution in [-0.2, 0) is 14.3 Å². The number of carboxylic acids is 2. The van der Waals surface area contributed by atoms with Crippen molar-refractivity contribution in [2.45, 2.75) is 38.3 Å². The Hall–Kier alpha value is -1.81. The van der Waals surface area contributed by atoms with Gasteiger partial charge in [0.25, 0.3) is 0 Å². The average Bonchev–Trinajstić information content (AvgIpc) is 2.73. The molecular weight excluding hydrogens is 454 g/mol. The van der Waals surface area contributed by atoms with Crippen molar-refractivity contribution in [3.05, 3.63) is 38.7 Å². The quantitative estimate of drug-likeness (QED) is 0.345. The lowest BCUT2D eigenvalue weighted by Gasteiger charge is -2.56. The number of aliphatic carboxylic acids is 2. The molecule has 0 saturated carbocycles. The summed E-state index contributed by atoms with van der Waals surface area (Å²) >= 11 is 12.6. The summed E-state index contributed by atoms with van der Waals surface area (Å²) in [5, 5.41) is 26.3. The van der Waals surface area contributed by atoms with Gasteiger partial charge in [-0.25, -0.2) is 4.39 Å². The number of benzene rings is 1. The van der Waals surface area contributed by atoms with Gasteiger partial charge in [-0.05, 0) is 25.0 Å². The van der Waals surface area contributed by atoms with Gasteiger partial charge in [0.1, 0.15) is 13.2 Å². The molecule has 172 valence electrons. The Labute approximate surface area is 189 Å². The van der Waals surface area contributed by atoms with Crippen LogP contribution in [0.4, 0.5) is 4.39 Å². The number of carbonyl (C=O) groups is 2. The van der Waals surface area contributed by atoms with Crippen molar-refractivity contribution < 1.29 is 28.9 Å². The summed E-state index contributed by atoms with van der Waals surface area (Å²) < 4.78 is 19.6. The minimum atomic E-state index is -1.88. The number of rotatable bonds is 10. The van der Waals surface area contributed by atoms with Gasteiger partial charge in [-0.2, -0.15) is 4.91 Å². The van der Waals surface area contributed by atoms with E-state index < -0.39 is 47.4 Å². The molecule has 11 heteroatoms. The number of ether oxygens (including phenoxy) is 1. The van der Waals surface area contributed by atoms with Crippen LogP contribution in [0, 0.1) is 15.7 Å². The molecule has 0 amide bonds. The highest BCUT2D eigenvalue weighted by Crippen LogP contribution is 2.58. The molecule has 1 fully saturated rings. The molecule has 1 heterocycles. The number of nitrogens with one attached hydrogen (secondary N) is 1. The van der Waals surface area contributed by atoms with Crippen molar-refractivity contribution >= 4 is 35.1 Å². The predicted molar refractivity (Wildman–Crippen MR) is 113 cm³/mol. The Kier molecular flexibility index (Phi) is 8.38. The molecule has 5 atom stereocenters. The van der Waals surface area contributed by atoms with Crippen LogP contribution in [0.2, 0.25) is 10.0 Å². The summed E-state index contributed by atoms with van der Waals surface area (Å²) in [6.45, 7) is 1.47. The molecule has 0 spiro atoms. The molecule has 1 aromatic carbocycles. The van der Waals surface area contributed by atoms with Crippen LogP contribution >= 0.6 is 23.2 Å². The lowest BCUT2D eigenvalue weighted by molar-refractivity contribution is -0.175. The number of carboxylic acid groups (broad SMARTS) is 2. The normalized spacial score (nSPS) is 30.7. The zero-order valence-corrected chi connectivity index (χ0v) is 18.6. The first-order valence-corrected chi connectivity index (χ1v) is 10.5. The second-order valence-electron chi connectivity index (χ2n) is 7.72. The standard InChI is InChI=1S/C20H25Cl2FN2O6/c1-3-20(18(28)29)14(10-31-8-7-24-30)25-13(9-23)19(2,17(26)27)16(20)11-5-4-6-12(21)15(11)22/h4-6,13-14,16,25H,3,7-10H2,1-2H3,(H,26,27)(H,28,29). The van der Waals surface area contributed by atoms with Gasteiger partial charge < -0.3 is 20.3 Å². The van der Waals surface area contributed by atoms with Crippen molar-refractivity contribution in [2.24, 2.45) is 16.0 Å². The molecule has 31 heavy (non-hydrogen) atoms. The van der Waals surface area contributed by atoms with E-state index in [1.54, 1.807) is 13.0 Å². The molecule has 0 bridgehead atoms. The molecule has 1 aliphatic heterocycles. The Morgan fingerprint density at radius 3 is 2.45 bits per heavy atom. The number of halogens is 3. The number of nitrogens with zero attached hydrogens (tertiary/aromatic N) is 1. The fourth-order valence-electron chi connectivity index (χ4n) is 4.70. The van der Waals surface area contributed by atoms with E-state index in [2.05, 4.69) is 10.5 Å². The lowest BCUT2D eigenvalue weighted by atomic mass is 9.51. The van der Waals surface area contributed by atoms with E-state index >= 15 is 0 Å². The predicted octanol–water partition coefficient (Wildman–Crippen LogP) is 3.74. The van der Waals surface area contributed by atoms with Gasteiger partial charge in [-0.1, -0.05) is 47.4 Å². The minimum Gasteiger partial charge on any atom is -0.481 e. The van der Waals surface area contributed by atoms with Crippen molar-refractivity contribution in [3.8, 4) is 0 Å². The zero-order valence-electron chi connectivity index (χ0n) is 17.1. The van der Waals surface area contributed by atoms with E-state index in [4.69, 9.17) is 27.9 Å². The highest BCUT2D eigenvalue weighted by molar-refractivity contribution is 6.42. The third-order valence-corrected chi connectivity index (χ3v) is 7.20. The number of nitroso groups, excluding NO2 is 1. The Balaban J connectivity index is 2.78. The minimum absolute atomic E-state index is 0.00925. The maximum atomic E-state index is 14.1. The summed E-state index contributed by atoms with van der Waals surface area (Å²) in [4.78, 5) is 35.6. The van der Waals surface area contributed by atoms with Crippen molar-refractivity contribution in [1.29, 1.82) is 0 Å². The molecule has 1 aromatic rings. The van der Waals surface area contributed by atoms with E-state index in [1.165, 1.54) is 19.1 Å². The summed E-state index contributed by atoms with van der Waals surface area (Å²) in [5.41, 5.74) is -3.40. The number of hydrogen-bond donors (Lipinski definition) is 3. The molecule has 5 unspecified atom stereocenters.